The number of aromatic nitrogens is 5. The molecule has 6 heteroatoms. The Balaban J connectivity index is 1.25. The summed E-state index contributed by atoms with van der Waals surface area (Å²) >= 11 is 0. The highest BCUT2D eigenvalue weighted by Crippen LogP contribution is 2.42. The number of para-hydroxylation sites is 3. The molecule has 0 saturated carbocycles. The first kappa shape index (κ1) is 24.2. The van der Waals surface area contributed by atoms with E-state index in [1.807, 2.05) is 30.3 Å². The highest BCUT2D eigenvalue weighted by atomic mass is 16.3. The molecule has 45 heavy (non-hydrogen) atoms. The van der Waals surface area contributed by atoms with Gasteiger partial charge in [0.05, 0.1) is 27.8 Å². The molecule has 0 radical (unpaired) electrons. The fourth-order valence-corrected chi connectivity index (χ4v) is 6.98. The number of hydrogen-bond acceptors (Lipinski definition) is 4. The summed E-state index contributed by atoms with van der Waals surface area (Å²) in [5.74, 6) is 1.52. The number of nitrogens with zero attached hydrogens (tertiary/aromatic N) is 5. The van der Waals surface area contributed by atoms with Crippen molar-refractivity contribution in [2.45, 2.75) is 0 Å². The van der Waals surface area contributed by atoms with Crippen LogP contribution in [-0.2, 0) is 0 Å². The lowest BCUT2D eigenvalue weighted by atomic mass is 10.1. The van der Waals surface area contributed by atoms with Gasteiger partial charge in [-0.25, -0.2) is 15.0 Å². The van der Waals surface area contributed by atoms with Gasteiger partial charge in [0.15, 0.2) is 0 Å². The minimum atomic E-state index is 0.656. The van der Waals surface area contributed by atoms with Crippen molar-refractivity contribution in [3.05, 3.63) is 140 Å². The number of hydrogen-bond donors (Lipinski definition) is 0. The van der Waals surface area contributed by atoms with Gasteiger partial charge in [-0.15, -0.1) is 0 Å². The van der Waals surface area contributed by atoms with Gasteiger partial charge in [-0.05, 0) is 66.7 Å². The van der Waals surface area contributed by atoms with Gasteiger partial charge in [0.2, 0.25) is 5.95 Å². The standard InChI is InChI=1S/C39H23N5O/c1-4-13-30-26(10-1)37-32(18-19-33-38(37)27-11-2-5-14-31(27)44(33)39-40-21-8-22-41-39)43(30)36-16-7-12-29(42-36)24-17-20-35-28(23-24)25-9-3-6-15-34(25)45-35/h1-23H. The Morgan fingerprint density at radius 1 is 0.467 bits per heavy atom. The molecule has 0 N–H and O–H groups in total. The van der Waals surface area contributed by atoms with Gasteiger partial charge >= 0.3 is 0 Å². The molecule has 210 valence electrons. The molecule has 0 spiro atoms. The molecule has 5 aromatic heterocycles. The number of fused-ring (bicyclic) bond motifs is 10. The normalized spacial score (nSPS) is 12.0. The van der Waals surface area contributed by atoms with Gasteiger partial charge in [-0.2, -0.15) is 0 Å². The van der Waals surface area contributed by atoms with E-state index in [1.165, 1.54) is 16.2 Å². The van der Waals surface area contributed by atoms with Crippen LogP contribution in [0.3, 0.4) is 0 Å². The van der Waals surface area contributed by atoms with Crippen LogP contribution in [0, 0.1) is 0 Å². The number of rotatable bonds is 3. The second kappa shape index (κ2) is 9.11. The summed E-state index contributed by atoms with van der Waals surface area (Å²) in [6.07, 6.45) is 3.58. The zero-order valence-corrected chi connectivity index (χ0v) is 23.9. The molecule has 6 nitrogen and oxygen atoms in total. The van der Waals surface area contributed by atoms with Gasteiger partial charge in [0, 0.05) is 50.3 Å². The van der Waals surface area contributed by atoms with Crippen molar-refractivity contribution in [1.29, 1.82) is 0 Å². The van der Waals surface area contributed by atoms with Crippen molar-refractivity contribution in [3.8, 4) is 23.0 Å². The molecule has 0 aliphatic carbocycles. The van der Waals surface area contributed by atoms with Crippen molar-refractivity contribution in [3.63, 3.8) is 0 Å². The maximum atomic E-state index is 6.08. The predicted octanol–water partition coefficient (Wildman–Crippen LogP) is 9.63. The summed E-state index contributed by atoms with van der Waals surface area (Å²) in [5, 5.41) is 6.90. The molecule has 10 aromatic rings. The lowest BCUT2D eigenvalue weighted by molar-refractivity contribution is 0.669. The van der Waals surface area contributed by atoms with Crippen LogP contribution < -0.4 is 0 Å². The van der Waals surface area contributed by atoms with E-state index in [0.717, 1.165) is 66.5 Å². The van der Waals surface area contributed by atoms with E-state index in [0.29, 0.717) is 5.95 Å². The average molecular weight is 578 g/mol. The minimum Gasteiger partial charge on any atom is -0.456 e. The van der Waals surface area contributed by atoms with Gasteiger partial charge in [-0.1, -0.05) is 60.7 Å². The highest BCUT2D eigenvalue weighted by molar-refractivity contribution is 6.28. The Kier molecular flexibility index (Phi) is 4.90. The third-order valence-corrected chi connectivity index (χ3v) is 8.86. The SMILES string of the molecule is c1cnc(-n2c3ccccc3c3c4c5ccccc5n(-c5cccc(-c6ccc7oc8ccccc8c7c6)n5)c4ccc32)nc1. The van der Waals surface area contributed by atoms with Crippen LogP contribution in [-0.4, -0.2) is 24.1 Å². The van der Waals surface area contributed by atoms with E-state index in [4.69, 9.17) is 9.40 Å². The van der Waals surface area contributed by atoms with E-state index in [1.54, 1.807) is 12.4 Å². The molecule has 5 aromatic carbocycles. The van der Waals surface area contributed by atoms with Gasteiger partial charge in [0.25, 0.3) is 0 Å². The maximum absolute atomic E-state index is 6.08. The maximum Gasteiger partial charge on any atom is 0.234 e. The summed E-state index contributed by atoms with van der Waals surface area (Å²) in [6, 6.07) is 44.1. The summed E-state index contributed by atoms with van der Waals surface area (Å²) in [7, 11) is 0. The Labute approximate surface area is 256 Å². The Morgan fingerprint density at radius 3 is 1.89 bits per heavy atom. The fourth-order valence-electron chi connectivity index (χ4n) is 6.98. The molecule has 0 unspecified atom stereocenters. The van der Waals surface area contributed by atoms with Crippen molar-refractivity contribution in [2.75, 3.05) is 0 Å². The molecular weight excluding hydrogens is 554 g/mol. The van der Waals surface area contributed by atoms with E-state index in [-0.39, 0.29) is 0 Å². The quantitative estimate of drug-likeness (QED) is 0.210. The predicted molar refractivity (Wildman–Crippen MR) is 181 cm³/mol. The molecule has 0 amide bonds. The van der Waals surface area contributed by atoms with Crippen LogP contribution in [0.2, 0.25) is 0 Å². The van der Waals surface area contributed by atoms with Gasteiger partial charge < -0.3 is 4.42 Å². The third-order valence-electron chi connectivity index (χ3n) is 8.86. The molecule has 0 aliphatic rings. The van der Waals surface area contributed by atoms with E-state index < -0.39 is 0 Å². The van der Waals surface area contributed by atoms with E-state index >= 15 is 0 Å². The first-order valence-corrected chi connectivity index (χ1v) is 15.0. The Hall–Kier alpha value is -6.27. The van der Waals surface area contributed by atoms with Crippen molar-refractivity contribution >= 4 is 65.6 Å². The second-order valence-electron chi connectivity index (χ2n) is 11.3. The molecule has 0 bridgehead atoms. The van der Waals surface area contributed by atoms with E-state index in [9.17, 15) is 0 Å². The second-order valence-corrected chi connectivity index (χ2v) is 11.3. The van der Waals surface area contributed by atoms with E-state index in [2.05, 4.69) is 116 Å². The topological polar surface area (TPSA) is 61.7 Å². The molecule has 0 atom stereocenters. The largest absolute Gasteiger partial charge is 0.456 e. The molecule has 0 aliphatic heterocycles. The van der Waals surface area contributed by atoms with Crippen molar-refractivity contribution in [1.82, 2.24) is 24.1 Å². The van der Waals surface area contributed by atoms with Crippen LogP contribution in [0.4, 0.5) is 0 Å². The first-order valence-electron chi connectivity index (χ1n) is 15.0. The van der Waals surface area contributed by atoms with Gasteiger partial charge in [0.1, 0.15) is 17.0 Å². The zero-order valence-electron chi connectivity index (χ0n) is 23.9. The molecule has 10 rings (SSSR count). The molecule has 0 fully saturated rings. The number of pyridine rings is 1. The fraction of sp³-hybridized carbons (Fsp3) is 0. The molecule has 0 saturated heterocycles. The van der Waals surface area contributed by atoms with Crippen LogP contribution >= 0.6 is 0 Å². The van der Waals surface area contributed by atoms with Crippen LogP contribution in [0.5, 0.6) is 0 Å². The summed E-state index contributed by atoms with van der Waals surface area (Å²) in [5.41, 5.74) is 8.07. The van der Waals surface area contributed by atoms with Crippen LogP contribution in [0.1, 0.15) is 0 Å². The number of furan rings is 1. The lowest BCUT2D eigenvalue weighted by Gasteiger charge is -2.10. The van der Waals surface area contributed by atoms with Gasteiger partial charge in [-0.3, -0.25) is 9.13 Å². The average Bonchev–Trinajstić information content (AvgIpc) is 3.76. The smallest absolute Gasteiger partial charge is 0.234 e. The molecular formula is C39H23N5O. The zero-order chi connectivity index (χ0) is 29.5. The summed E-state index contributed by atoms with van der Waals surface area (Å²) in [6.45, 7) is 0. The monoisotopic (exact) mass is 577 g/mol. The third kappa shape index (κ3) is 3.42. The summed E-state index contributed by atoms with van der Waals surface area (Å²) < 4.78 is 10.5. The number of benzene rings is 5. The van der Waals surface area contributed by atoms with Crippen molar-refractivity contribution < 1.29 is 4.42 Å². The van der Waals surface area contributed by atoms with Crippen LogP contribution in [0.15, 0.2) is 144 Å². The highest BCUT2D eigenvalue weighted by Gasteiger charge is 2.21. The Bertz CT molecular complexity index is 2770. The molecule has 5 heterocycles. The minimum absolute atomic E-state index is 0.656. The first-order chi connectivity index (χ1) is 22.3. The summed E-state index contributed by atoms with van der Waals surface area (Å²) in [4.78, 5) is 14.5. The lowest BCUT2D eigenvalue weighted by Crippen LogP contribution is -2.00. The van der Waals surface area contributed by atoms with Crippen LogP contribution in [0.25, 0.3) is 88.6 Å². The Morgan fingerprint density at radius 2 is 1.11 bits per heavy atom. The van der Waals surface area contributed by atoms with Crippen molar-refractivity contribution in [2.24, 2.45) is 0 Å².